The number of aliphatic hydroxyl groups excluding tert-OH is 1. The van der Waals surface area contributed by atoms with Crippen molar-refractivity contribution in [3.8, 4) is 0 Å². The highest BCUT2D eigenvalue weighted by Crippen LogP contribution is 2.31. The zero-order valence-corrected chi connectivity index (χ0v) is 11.8. The molecule has 1 aromatic rings. The van der Waals surface area contributed by atoms with E-state index in [0.717, 1.165) is 18.2 Å². The minimum Gasteiger partial charge on any atom is -0.387 e. The molecule has 0 radical (unpaired) electrons. The van der Waals surface area contributed by atoms with E-state index in [1.165, 1.54) is 12.1 Å². The predicted molar refractivity (Wildman–Crippen MR) is 74.6 cm³/mol. The summed E-state index contributed by atoms with van der Waals surface area (Å²) in [6.07, 6.45) is 2.70. The monoisotopic (exact) mass is 248 g/mol. The quantitative estimate of drug-likeness (QED) is 0.874. The van der Waals surface area contributed by atoms with E-state index < -0.39 is 6.10 Å². The van der Waals surface area contributed by atoms with E-state index in [2.05, 4.69) is 36.7 Å². The number of aromatic nitrogens is 1. The highest BCUT2D eigenvalue weighted by molar-refractivity contribution is 5.46. The van der Waals surface area contributed by atoms with Crippen molar-refractivity contribution in [1.82, 2.24) is 4.98 Å². The molecule has 0 aliphatic carbocycles. The maximum absolute atomic E-state index is 9.48. The van der Waals surface area contributed by atoms with Gasteiger partial charge in [0, 0.05) is 12.6 Å². The van der Waals surface area contributed by atoms with Crippen molar-refractivity contribution < 1.29 is 5.11 Å². The van der Waals surface area contributed by atoms with Gasteiger partial charge in [-0.3, -0.25) is 4.98 Å². The first-order valence-electron chi connectivity index (χ1n) is 6.89. The lowest BCUT2D eigenvalue weighted by atomic mass is 9.86. The van der Waals surface area contributed by atoms with Crippen LogP contribution >= 0.6 is 0 Å². The summed E-state index contributed by atoms with van der Waals surface area (Å²) in [7, 11) is 0. The highest BCUT2D eigenvalue weighted by Gasteiger charge is 2.28. The van der Waals surface area contributed by atoms with Gasteiger partial charge < -0.3 is 10.0 Å². The number of hydrogen-bond acceptors (Lipinski definition) is 3. The van der Waals surface area contributed by atoms with Crippen LogP contribution in [0, 0.1) is 11.8 Å². The Morgan fingerprint density at radius 2 is 2.06 bits per heavy atom. The Hall–Kier alpha value is -1.09. The SMILES string of the molecule is CC1CC(C)C(C)N(c2ccc([C@@H](C)O)nc2)C1. The molecule has 1 aliphatic rings. The van der Waals surface area contributed by atoms with Crippen LogP contribution in [0.2, 0.25) is 0 Å². The summed E-state index contributed by atoms with van der Waals surface area (Å²) in [6.45, 7) is 9.77. The van der Waals surface area contributed by atoms with Gasteiger partial charge in [0.2, 0.25) is 0 Å². The van der Waals surface area contributed by atoms with E-state index in [4.69, 9.17) is 0 Å². The number of anilines is 1. The fraction of sp³-hybridized carbons (Fsp3) is 0.667. The third-order valence-corrected chi connectivity index (χ3v) is 4.13. The summed E-state index contributed by atoms with van der Waals surface area (Å²) < 4.78 is 0. The van der Waals surface area contributed by atoms with Gasteiger partial charge in [-0.05, 0) is 44.2 Å². The molecule has 1 N–H and O–H groups in total. The molecule has 3 nitrogen and oxygen atoms in total. The van der Waals surface area contributed by atoms with E-state index in [-0.39, 0.29) is 0 Å². The number of nitrogens with zero attached hydrogens (tertiary/aromatic N) is 2. The predicted octanol–water partition coefficient (Wildman–Crippen LogP) is 3.01. The smallest absolute Gasteiger partial charge is 0.0931 e. The van der Waals surface area contributed by atoms with Gasteiger partial charge in [-0.2, -0.15) is 0 Å². The first-order valence-corrected chi connectivity index (χ1v) is 6.89. The molecule has 0 bridgehead atoms. The Balaban J connectivity index is 2.19. The Labute approximate surface area is 110 Å². The van der Waals surface area contributed by atoms with Crippen molar-refractivity contribution in [2.45, 2.75) is 46.3 Å². The van der Waals surface area contributed by atoms with Gasteiger partial charge in [0.05, 0.1) is 23.7 Å². The lowest BCUT2D eigenvalue weighted by molar-refractivity contribution is 0.194. The minimum absolute atomic E-state index is 0.490. The molecule has 100 valence electrons. The van der Waals surface area contributed by atoms with Gasteiger partial charge in [0.15, 0.2) is 0 Å². The van der Waals surface area contributed by atoms with E-state index in [1.54, 1.807) is 6.92 Å². The molecule has 1 fully saturated rings. The first kappa shape index (κ1) is 13.3. The minimum atomic E-state index is -0.490. The second-order valence-electron chi connectivity index (χ2n) is 5.83. The molecule has 2 rings (SSSR count). The molecule has 2 heterocycles. The van der Waals surface area contributed by atoms with Crippen molar-refractivity contribution in [1.29, 1.82) is 0 Å². The molecule has 1 aliphatic heterocycles. The van der Waals surface area contributed by atoms with E-state index in [1.807, 2.05) is 12.3 Å². The van der Waals surface area contributed by atoms with Gasteiger partial charge in [-0.15, -0.1) is 0 Å². The zero-order chi connectivity index (χ0) is 13.3. The third-order valence-electron chi connectivity index (χ3n) is 4.13. The van der Waals surface area contributed by atoms with Crippen LogP contribution in [0.4, 0.5) is 5.69 Å². The molecular formula is C15H24N2O. The zero-order valence-electron chi connectivity index (χ0n) is 11.8. The average Bonchev–Trinajstić information content (AvgIpc) is 2.34. The van der Waals surface area contributed by atoms with Crippen molar-refractivity contribution in [2.24, 2.45) is 11.8 Å². The molecule has 18 heavy (non-hydrogen) atoms. The molecule has 3 unspecified atom stereocenters. The standard InChI is InChI=1S/C15H24N2O/c1-10-7-11(2)12(3)17(9-10)14-5-6-15(13(4)18)16-8-14/h5-6,8,10-13,18H,7,9H2,1-4H3/t10?,11?,12?,13-/m1/s1. The molecule has 1 saturated heterocycles. The number of pyridine rings is 1. The van der Waals surface area contributed by atoms with E-state index >= 15 is 0 Å². The molecule has 4 atom stereocenters. The Kier molecular flexibility index (Phi) is 3.91. The first-order chi connectivity index (χ1) is 8.49. The second kappa shape index (κ2) is 5.27. The molecule has 0 amide bonds. The summed E-state index contributed by atoms with van der Waals surface area (Å²) >= 11 is 0. The molecule has 0 aromatic carbocycles. The Morgan fingerprint density at radius 3 is 2.61 bits per heavy atom. The highest BCUT2D eigenvalue weighted by atomic mass is 16.3. The van der Waals surface area contributed by atoms with Crippen LogP contribution in [0.3, 0.4) is 0 Å². The maximum atomic E-state index is 9.48. The summed E-state index contributed by atoms with van der Waals surface area (Å²) in [6, 6.07) is 4.56. The second-order valence-corrected chi connectivity index (χ2v) is 5.83. The molecule has 1 aromatic heterocycles. The van der Waals surface area contributed by atoms with Crippen molar-refractivity contribution in [3.05, 3.63) is 24.0 Å². The topological polar surface area (TPSA) is 36.4 Å². The van der Waals surface area contributed by atoms with Crippen molar-refractivity contribution >= 4 is 5.69 Å². The average molecular weight is 248 g/mol. The summed E-state index contributed by atoms with van der Waals surface area (Å²) in [5.41, 5.74) is 1.91. The van der Waals surface area contributed by atoms with E-state index in [9.17, 15) is 5.11 Å². The number of rotatable bonds is 2. The normalized spacial score (nSPS) is 30.3. The Morgan fingerprint density at radius 1 is 1.33 bits per heavy atom. The summed E-state index contributed by atoms with van der Waals surface area (Å²) in [4.78, 5) is 6.79. The van der Waals surface area contributed by atoms with Crippen LogP contribution in [-0.4, -0.2) is 22.7 Å². The number of hydrogen-bond donors (Lipinski definition) is 1. The summed E-state index contributed by atoms with van der Waals surface area (Å²) in [5.74, 6) is 1.44. The lowest BCUT2D eigenvalue weighted by Crippen LogP contribution is -2.45. The number of piperidine rings is 1. The van der Waals surface area contributed by atoms with Crippen LogP contribution in [0.25, 0.3) is 0 Å². The van der Waals surface area contributed by atoms with Crippen LogP contribution in [0.15, 0.2) is 18.3 Å². The van der Waals surface area contributed by atoms with Gasteiger partial charge >= 0.3 is 0 Å². The van der Waals surface area contributed by atoms with Crippen LogP contribution < -0.4 is 4.90 Å². The van der Waals surface area contributed by atoms with Crippen molar-refractivity contribution in [2.75, 3.05) is 11.4 Å². The third kappa shape index (κ3) is 2.66. The Bertz CT molecular complexity index is 388. The lowest BCUT2D eigenvalue weighted by Gasteiger charge is -2.42. The van der Waals surface area contributed by atoms with Crippen LogP contribution in [0.5, 0.6) is 0 Å². The van der Waals surface area contributed by atoms with Gasteiger partial charge in [0.25, 0.3) is 0 Å². The fourth-order valence-electron chi connectivity index (χ4n) is 2.87. The largest absolute Gasteiger partial charge is 0.387 e. The number of aliphatic hydroxyl groups is 1. The molecule has 3 heteroatoms. The van der Waals surface area contributed by atoms with Crippen molar-refractivity contribution in [3.63, 3.8) is 0 Å². The van der Waals surface area contributed by atoms with Gasteiger partial charge in [-0.25, -0.2) is 0 Å². The van der Waals surface area contributed by atoms with Crippen LogP contribution in [0.1, 0.15) is 45.9 Å². The molecule has 0 spiro atoms. The van der Waals surface area contributed by atoms with Gasteiger partial charge in [-0.1, -0.05) is 13.8 Å². The summed E-state index contributed by atoms with van der Waals surface area (Å²) in [5, 5.41) is 9.48. The molecule has 0 saturated carbocycles. The maximum Gasteiger partial charge on any atom is 0.0931 e. The van der Waals surface area contributed by atoms with Gasteiger partial charge in [0.1, 0.15) is 0 Å². The van der Waals surface area contributed by atoms with E-state index in [0.29, 0.717) is 12.0 Å². The van der Waals surface area contributed by atoms with Crippen LogP contribution in [-0.2, 0) is 0 Å². The molecular weight excluding hydrogens is 224 g/mol. The fourth-order valence-corrected chi connectivity index (χ4v) is 2.87.